The minimum atomic E-state index is -0.748. The van der Waals surface area contributed by atoms with Gasteiger partial charge in [0.1, 0.15) is 30.0 Å². The number of aryl methyl sites for hydroxylation is 1. The summed E-state index contributed by atoms with van der Waals surface area (Å²) in [5.41, 5.74) is 7.85. The zero-order valence-corrected chi connectivity index (χ0v) is 20.0. The van der Waals surface area contributed by atoms with E-state index in [0.29, 0.717) is 36.5 Å². The van der Waals surface area contributed by atoms with E-state index in [1.54, 1.807) is 36.4 Å². The van der Waals surface area contributed by atoms with Crippen LogP contribution in [0.25, 0.3) is 0 Å². The van der Waals surface area contributed by atoms with E-state index in [1.807, 2.05) is 19.1 Å². The molecule has 3 rings (SSSR count). The number of nitrogens with one attached hydrogen (secondary N) is 3. The van der Waals surface area contributed by atoms with Gasteiger partial charge in [0.15, 0.2) is 0 Å². The standard InChI is InChI=1S/C27H30F2N4O3/c1-18-5-8-21(9-6-18)31-26(34)25(4-2-3-15-30)33-27(35)32-22-10-12-23(13-11-22)36-17-19-16-20(28)7-14-24(19)29/h5-14,16,25H,2-4,15,17,30H2,1H3,(H,31,34)(H2,32,33,35)/t25-/m0/s1. The summed E-state index contributed by atoms with van der Waals surface area (Å²) in [6, 6.07) is 15.7. The molecule has 0 spiro atoms. The molecule has 1 atom stereocenters. The number of carbonyl (C=O) groups excluding carboxylic acids is 2. The lowest BCUT2D eigenvalue weighted by molar-refractivity contribution is -0.118. The predicted molar refractivity (Wildman–Crippen MR) is 136 cm³/mol. The number of nitrogens with two attached hydrogens (primary N) is 1. The molecule has 0 saturated carbocycles. The third-order valence-corrected chi connectivity index (χ3v) is 5.40. The minimum absolute atomic E-state index is 0.0983. The molecule has 36 heavy (non-hydrogen) atoms. The summed E-state index contributed by atoms with van der Waals surface area (Å²) in [5, 5.41) is 8.23. The van der Waals surface area contributed by atoms with Crippen LogP contribution in [0.15, 0.2) is 66.7 Å². The van der Waals surface area contributed by atoms with Gasteiger partial charge in [0, 0.05) is 16.9 Å². The summed E-state index contributed by atoms with van der Waals surface area (Å²) in [6.07, 6.45) is 1.85. The molecule has 0 unspecified atom stereocenters. The molecule has 0 aromatic heterocycles. The Hall–Kier alpha value is -3.98. The summed E-state index contributed by atoms with van der Waals surface area (Å²) < 4.78 is 32.5. The molecule has 0 aliphatic carbocycles. The molecular weight excluding hydrogens is 466 g/mol. The Kier molecular flexibility index (Phi) is 9.76. The first-order valence-electron chi connectivity index (χ1n) is 11.7. The Bertz CT molecular complexity index is 1150. The Morgan fingerprint density at radius 2 is 1.58 bits per heavy atom. The zero-order valence-electron chi connectivity index (χ0n) is 20.0. The lowest BCUT2D eigenvalue weighted by Crippen LogP contribution is -2.45. The summed E-state index contributed by atoms with van der Waals surface area (Å²) >= 11 is 0. The van der Waals surface area contributed by atoms with Gasteiger partial charge in [0.25, 0.3) is 0 Å². The van der Waals surface area contributed by atoms with Crippen molar-refractivity contribution in [2.75, 3.05) is 17.2 Å². The molecule has 5 N–H and O–H groups in total. The quantitative estimate of drug-likeness (QED) is 0.277. The predicted octanol–water partition coefficient (Wildman–Crippen LogP) is 5.11. The van der Waals surface area contributed by atoms with Crippen molar-refractivity contribution in [2.45, 2.75) is 38.8 Å². The van der Waals surface area contributed by atoms with E-state index in [1.165, 1.54) is 0 Å². The molecule has 3 aromatic carbocycles. The van der Waals surface area contributed by atoms with Crippen LogP contribution in [-0.2, 0) is 11.4 Å². The van der Waals surface area contributed by atoms with Crippen molar-refractivity contribution in [1.82, 2.24) is 5.32 Å². The van der Waals surface area contributed by atoms with Gasteiger partial charge in [-0.05, 0) is 87.3 Å². The lowest BCUT2D eigenvalue weighted by atomic mass is 10.1. The lowest BCUT2D eigenvalue weighted by Gasteiger charge is -2.19. The fourth-order valence-corrected chi connectivity index (χ4v) is 3.40. The molecule has 0 radical (unpaired) electrons. The second-order valence-corrected chi connectivity index (χ2v) is 8.34. The van der Waals surface area contributed by atoms with E-state index in [-0.39, 0.29) is 18.1 Å². The maximum atomic E-state index is 13.7. The number of hydrogen-bond donors (Lipinski definition) is 4. The second-order valence-electron chi connectivity index (χ2n) is 8.34. The monoisotopic (exact) mass is 496 g/mol. The Morgan fingerprint density at radius 3 is 2.28 bits per heavy atom. The fourth-order valence-electron chi connectivity index (χ4n) is 3.40. The van der Waals surface area contributed by atoms with E-state index < -0.39 is 23.7 Å². The topological polar surface area (TPSA) is 105 Å². The first-order valence-corrected chi connectivity index (χ1v) is 11.7. The van der Waals surface area contributed by atoms with Gasteiger partial charge in [-0.3, -0.25) is 4.79 Å². The first-order chi connectivity index (χ1) is 17.3. The average Bonchev–Trinajstić information content (AvgIpc) is 2.86. The van der Waals surface area contributed by atoms with Crippen molar-refractivity contribution >= 4 is 23.3 Å². The zero-order chi connectivity index (χ0) is 25.9. The van der Waals surface area contributed by atoms with Crippen LogP contribution in [0.4, 0.5) is 25.0 Å². The first kappa shape index (κ1) is 26.6. The normalized spacial score (nSPS) is 11.4. The Balaban J connectivity index is 1.55. The van der Waals surface area contributed by atoms with Crippen LogP contribution in [-0.4, -0.2) is 24.5 Å². The molecule has 0 heterocycles. The third kappa shape index (κ3) is 8.35. The summed E-state index contributed by atoms with van der Waals surface area (Å²) in [7, 11) is 0. The number of urea groups is 1. The number of halogens is 2. The Labute approximate surface area is 209 Å². The highest BCUT2D eigenvalue weighted by atomic mass is 19.1. The molecule has 3 aromatic rings. The molecule has 3 amide bonds. The number of rotatable bonds is 11. The number of unbranched alkanes of at least 4 members (excludes halogenated alkanes) is 1. The molecule has 0 aliphatic heterocycles. The average molecular weight is 497 g/mol. The minimum Gasteiger partial charge on any atom is -0.489 e. The number of hydrogen-bond acceptors (Lipinski definition) is 4. The van der Waals surface area contributed by atoms with Crippen molar-refractivity contribution in [2.24, 2.45) is 5.73 Å². The number of benzene rings is 3. The van der Waals surface area contributed by atoms with E-state index in [2.05, 4.69) is 16.0 Å². The second kappa shape index (κ2) is 13.2. The van der Waals surface area contributed by atoms with Gasteiger partial charge in [0.2, 0.25) is 5.91 Å². The van der Waals surface area contributed by atoms with Crippen LogP contribution in [0.2, 0.25) is 0 Å². The maximum Gasteiger partial charge on any atom is 0.319 e. The van der Waals surface area contributed by atoms with Crippen molar-refractivity contribution in [1.29, 1.82) is 0 Å². The largest absolute Gasteiger partial charge is 0.489 e. The van der Waals surface area contributed by atoms with Crippen LogP contribution in [0, 0.1) is 18.6 Å². The van der Waals surface area contributed by atoms with Crippen molar-refractivity contribution in [3.8, 4) is 5.75 Å². The van der Waals surface area contributed by atoms with Crippen molar-refractivity contribution in [3.63, 3.8) is 0 Å². The van der Waals surface area contributed by atoms with Gasteiger partial charge < -0.3 is 26.4 Å². The van der Waals surface area contributed by atoms with E-state index in [4.69, 9.17) is 10.5 Å². The fraction of sp³-hybridized carbons (Fsp3) is 0.259. The van der Waals surface area contributed by atoms with E-state index in [9.17, 15) is 18.4 Å². The molecule has 0 saturated heterocycles. The van der Waals surface area contributed by atoms with Gasteiger partial charge in [0.05, 0.1) is 0 Å². The van der Waals surface area contributed by atoms with Gasteiger partial charge >= 0.3 is 6.03 Å². The van der Waals surface area contributed by atoms with Crippen LogP contribution >= 0.6 is 0 Å². The summed E-state index contributed by atoms with van der Waals surface area (Å²) in [5.74, 6) is -1.01. The molecule has 0 bridgehead atoms. The molecule has 9 heteroatoms. The van der Waals surface area contributed by atoms with Gasteiger partial charge in [-0.1, -0.05) is 17.7 Å². The molecule has 7 nitrogen and oxygen atoms in total. The van der Waals surface area contributed by atoms with Gasteiger partial charge in [-0.25, -0.2) is 13.6 Å². The summed E-state index contributed by atoms with van der Waals surface area (Å²) in [6.45, 7) is 2.31. The molecule has 0 fully saturated rings. The van der Waals surface area contributed by atoms with Gasteiger partial charge in [-0.2, -0.15) is 0 Å². The SMILES string of the molecule is Cc1ccc(NC(=O)[C@H](CCCCN)NC(=O)Nc2ccc(OCc3cc(F)ccc3F)cc2)cc1. The summed E-state index contributed by atoms with van der Waals surface area (Å²) in [4.78, 5) is 25.4. The van der Waals surface area contributed by atoms with E-state index >= 15 is 0 Å². The maximum absolute atomic E-state index is 13.7. The molecule has 0 aliphatic rings. The van der Waals surface area contributed by atoms with Gasteiger partial charge in [-0.15, -0.1) is 0 Å². The van der Waals surface area contributed by atoms with Crippen LogP contribution < -0.4 is 26.4 Å². The number of amides is 3. The molecular formula is C27H30F2N4O3. The van der Waals surface area contributed by atoms with Crippen molar-refractivity contribution in [3.05, 3.63) is 89.5 Å². The third-order valence-electron chi connectivity index (χ3n) is 5.40. The Morgan fingerprint density at radius 1 is 0.917 bits per heavy atom. The number of carbonyl (C=O) groups is 2. The van der Waals surface area contributed by atoms with Crippen LogP contribution in [0.5, 0.6) is 5.75 Å². The smallest absolute Gasteiger partial charge is 0.319 e. The number of ether oxygens (including phenoxy) is 1. The highest BCUT2D eigenvalue weighted by molar-refractivity contribution is 5.99. The van der Waals surface area contributed by atoms with Crippen molar-refractivity contribution < 1.29 is 23.1 Å². The molecule has 190 valence electrons. The van der Waals surface area contributed by atoms with Crippen LogP contribution in [0.1, 0.15) is 30.4 Å². The highest BCUT2D eigenvalue weighted by Crippen LogP contribution is 2.19. The highest BCUT2D eigenvalue weighted by Gasteiger charge is 2.20. The van der Waals surface area contributed by atoms with Crippen LogP contribution in [0.3, 0.4) is 0 Å². The number of anilines is 2. The van der Waals surface area contributed by atoms with E-state index in [0.717, 1.165) is 30.2 Å².